The van der Waals surface area contributed by atoms with Crippen LogP contribution in [0.4, 0.5) is 0 Å². The second-order valence-corrected chi connectivity index (χ2v) is 6.83. The Morgan fingerprint density at radius 3 is 2.76 bits per heavy atom. The van der Waals surface area contributed by atoms with Crippen molar-refractivity contribution in [1.29, 1.82) is 0 Å². The maximum atomic E-state index is 11.8. The van der Waals surface area contributed by atoms with Gasteiger partial charge >= 0.3 is 11.9 Å². The van der Waals surface area contributed by atoms with Gasteiger partial charge in [-0.15, -0.1) is 0 Å². The standard InChI is InChI=1S/C17H22O4/c1-9-7-15-13(10(2)16(19)20-15)8-14-12(9)5-6-17(14,4)21-11(3)18/h12-15H,1-2,5-8H2,3-4H3. The van der Waals surface area contributed by atoms with E-state index in [0.29, 0.717) is 17.9 Å². The Morgan fingerprint density at radius 2 is 2.10 bits per heavy atom. The summed E-state index contributed by atoms with van der Waals surface area (Å²) in [6.07, 6.45) is 3.17. The summed E-state index contributed by atoms with van der Waals surface area (Å²) >= 11 is 0. The van der Waals surface area contributed by atoms with Crippen molar-refractivity contribution in [3.8, 4) is 0 Å². The molecule has 5 atom stereocenters. The molecule has 114 valence electrons. The molecule has 0 N–H and O–H groups in total. The van der Waals surface area contributed by atoms with Gasteiger partial charge < -0.3 is 9.47 Å². The molecule has 3 aliphatic rings. The summed E-state index contributed by atoms with van der Waals surface area (Å²) < 4.78 is 11.1. The quantitative estimate of drug-likeness (QED) is 0.423. The van der Waals surface area contributed by atoms with Crippen molar-refractivity contribution < 1.29 is 19.1 Å². The molecule has 0 radical (unpaired) electrons. The van der Waals surface area contributed by atoms with Gasteiger partial charge in [0.2, 0.25) is 0 Å². The summed E-state index contributed by atoms with van der Waals surface area (Å²) in [5.41, 5.74) is 1.21. The van der Waals surface area contributed by atoms with Crippen LogP contribution in [0.3, 0.4) is 0 Å². The molecule has 1 heterocycles. The van der Waals surface area contributed by atoms with Gasteiger partial charge in [-0.3, -0.25) is 4.79 Å². The van der Waals surface area contributed by atoms with Crippen LogP contribution in [0.1, 0.15) is 39.5 Å². The zero-order valence-electron chi connectivity index (χ0n) is 12.7. The summed E-state index contributed by atoms with van der Waals surface area (Å²) in [7, 11) is 0. The van der Waals surface area contributed by atoms with Gasteiger partial charge in [0.05, 0.1) is 0 Å². The number of fused-ring (bicyclic) bond motifs is 2. The lowest BCUT2D eigenvalue weighted by Crippen LogP contribution is -2.38. The Kier molecular flexibility index (Phi) is 3.23. The molecule has 1 aliphatic heterocycles. The lowest BCUT2D eigenvalue weighted by Gasteiger charge is -2.34. The molecule has 0 aromatic carbocycles. The molecule has 3 rings (SSSR count). The highest BCUT2D eigenvalue weighted by molar-refractivity contribution is 5.90. The summed E-state index contributed by atoms with van der Waals surface area (Å²) in [6.45, 7) is 11.6. The van der Waals surface area contributed by atoms with E-state index in [4.69, 9.17) is 9.47 Å². The topological polar surface area (TPSA) is 52.6 Å². The van der Waals surface area contributed by atoms with Crippen LogP contribution in [0.2, 0.25) is 0 Å². The van der Waals surface area contributed by atoms with Crippen molar-refractivity contribution in [2.45, 2.75) is 51.2 Å². The molecule has 2 aliphatic carbocycles. The normalized spacial score (nSPS) is 42.1. The van der Waals surface area contributed by atoms with Crippen molar-refractivity contribution in [2.24, 2.45) is 17.8 Å². The fourth-order valence-corrected chi connectivity index (χ4v) is 4.44. The van der Waals surface area contributed by atoms with E-state index in [1.807, 2.05) is 6.92 Å². The van der Waals surface area contributed by atoms with E-state index >= 15 is 0 Å². The number of rotatable bonds is 1. The smallest absolute Gasteiger partial charge is 0.334 e. The van der Waals surface area contributed by atoms with Gasteiger partial charge in [-0.2, -0.15) is 0 Å². The fourth-order valence-electron chi connectivity index (χ4n) is 4.44. The van der Waals surface area contributed by atoms with E-state index in [9.17, 15) is 9.59 Å². The molecule has 0 spiro atoms. The van der Waals surface area contributed by atoms with Gasteiger partial charge in [0.15, 0.2) is 0 Å². The third kappa shape index (κ3) is 2.21. The first-order valence-electron chi connectivity index (χ1n) is 7.59. The first-order valence-corrected chi connectivity index (χ1v) is 7.59. The lowest BCUT2D eigenvalue weighted by atomic mass is 9.78. The molecule has 2 saturated carbocycles. The molecular weight excluding hydrogens is 268 g/mol. The number of carbonyl (C=O) groups is 2. The zero-order chi connectivity index (χ0) is 15.4. The van der Waals surface area contributed by atoms with Crippen LogP contribution in [0, 0.1) is 17.8 Å². The Hall–Kier alpha value is -1.58. The van der Waals surface area contributed by atoms with Crippen molar-refractivity contribution in [1.82, 2.24) is 0 Å². The van der Waals surface area contributed by atoms with Crippen LogP contribution >= 0.6 is 0 Å². The maximum Gasteiger partial charge on any atom is 0.334 e. The van der Waals surface area contributed by atoms with Gasteiger partial charge in [-0.05, 0) is 32.1 Å². The molecule has 0 aromatic heterocycles. The molecule has 1 saturated heterocycles. The number of hydrogen-bond acceptors (Lipinski definition) is 4. The van der Waals surface area contributed by atoms with Gasteiger partial charge in [-0.1, -0.05) is 18.7 Å². The van der Waals surface area contributed by atoms with E-state index < -0.39 is 5.60 Å². The van der Waals surface area contributed by atoms with Gasteiger partial charge in [0.1, 0.15) is 11.7 Å². The predicted molar refractivity (Wildman–Crippen MR) is 77.3 cm³/mol. The zero-order valence-corrected chi connectivity index (χ0v) is 12.7. The second-order valence-electron chi connectivity index (χ2n) is 6.83. The Bertz CT molecular complexity index is 535. The van der Waals surface area contributed by atoms with Crippen molar-refractivity contribution >= 4 is 11.9 Å². The molecule has 0 aromatic rings. The van der Waals surface area contributed by atoms with Crippen molar-refractivity contribution in [2.75, 3.05) is 0 Å². The molecular formula is C17H22O4. The van der Waals surface area contributed by atoms with E-state index in [0.717, 1.165) is 24.8 Å². The first-order chi connectivity index (χ1) is 9.82. The third-order valence-corrected chi connectivity index (χ3v) is 5.51. The van der Waals surface area contributed by atoms with E-state index in [1.54, 1.807) is 0 Å². The fraction of sp³-hybridized carbons (Fsp3) is 0.647. The van der Waals surface area contributed by atoms with Crippen LogP contribution in [-0.2, 0) is 19.1 Å². The molecule has 3 fully saturated rings. The summed E-state index contributed by atoms with van der Waals surface area (Å²) in [4.78, 5) is 23.2. The minimum Gasteiger partial charge on any atom is -0.459 e. The monoisotopic (exact) mass is 290 g/mol. The average Bonchev–Trinajstić information content (AvgIpc) is 2.76. The second kappa shape index (κ2) is 4.72. The molecule has 0 bridgehead atoms. The van der Waals surface area contributed by atoms with Crippen molar-refractivity contribution in [3.63, 3.8) is 0 Å². The largest absolute Gasteiger partial charge is 0.459 e. The molecule has 4 heteroatoms. The van der Waals surface area contributed by atoms with Crippen LogP contribution in [-0.4, -0.2) is 23.6 Å². The van der Waals surface area contributed by atoms with Crippen LogP contribution in [0.15, 0.2) is 24.3 Å². The van der Waals surface area contributed by atoms with Crippen LogP contribution < -0.4 is 0 Å². The van der Waals surface area contributed by atoms with Crippen LogP contribution in [0.25, 0.3) is 0 Å². The van der Waals surface area contributed by atoms with Crippen molar-refractivity contribution in [3.05, 3.63) is 24.3 Å². The van der Waals surface area contributed by atoms with E-state index in [-0.39, 0.29) is 29.9 Å². The number of hydrogen-bond donors (Lipinski definition) is 0. The SMILES string of the molecule is C=C1C(=O)OC2CC(=C)C3CCC(C)(OC(C)=O)C3CC12. The highest BCUT2D eigenvalue weighted by Crippen LogP contribution is 2.54. The number of carbonyl (C=O) groups excluding carboxylic acids is 2. The number of ether oxygens (including phenoxy) is 2. The molecule has 0 amide bonds. The third-order valence-electron chi connectivity index (χ3n) is 5.51. The Morgan fingerprint density at radius 1 is 1.38 bits per heavy atom. The highest BCUT2D eigenvalue weighted by atomic mass is 16.6. The minimum atomic E-state index is -0.472. The summed E-state index contributed by atoms with van der Waals surface area (Å²) in [5.74, 6) is 0.0180. The van der Waals surface area contributed by atoms with Gasteiger partial charge in [0, 0.05) is 30.8 Å². The van der Waals surface area contributed by atoms with E-state index in [1.165, 1.54) is 6.92 Å². The summed E-state index contributed by atoms with van der Waals surface area (Å²) in [5, 5.41) is 0. The molecule has 21 heavy (non-hydrogen) atoms. The average molecular weight is 290 g/mol. The Balaban J connectivity index is 1.92. The lowest BCUT2D eigenvalue weighted by molar-refractivity contribution is -0.160. The van der Waals surface area contributed by atoms with Gasteiger partial charge in [0.25, 0.3) is 0 Å². The van der Waals surface area contributed by atoms with Gasteiger partial charge in [-0.25, -0.2) is 4.79 Å². The van der Waals surface area contributed by atoms with E-state index in [2.05, 4.69) is 13.2 Å². The molecule has 4 nitrogen and oxygen atoms in total. The Labute approximate surface area is 125 Å². The highest BCUT2D eigenvalue weighted by Gasteiger charge is 2.54. The predicted octanol–water partition coefficient (Wildman–Crippen LogP) is 2.78. The number of esters is 2. The minimum absolute atomic E-state index is 0.0252. The maximum absolute atomic E-state index is 11.8. The van der Waals surface area contributed by atoms with Crippen LogP contribution in [0.5, 0.6) is 0 Å². The molecule has 5 unspecified atom stereocenters. The first kappa shape index (κ1) is 14.4. The summed E-state index contributed by atoms with van der Waals surface area (Å²) in [6, 6.07) is 0.